The fraction of sp³-hybridized carbons (Fsp3) is 0.455. The highest BCUT2D eigenvalue weighted by Gasteiger charge is 2.15. The normalized spacial score (nSPS) is 11.7. The van der Waals surface area contributed by atoms with Crippen molar-refractivity contribution in [2.24, 2.45) is 0 Å². The quantitative estimate of drug-likeness (QED) is 0.621. The molecule has 0 aliphatic carbocycles. The van der Waals surface area contributed by atoms with Crippen LogP contribution in [0.5, 0.6) is 0 Å². The molecule has 0 bridgehead atoms. The Kier molecular flexibility index (Phi) is 5.98. The lowest BCUT2D eigenvalue weighted by Gasteiger charge is -2.06. The zero-order valence-corrected chi connectivity index (χ0v) is 11.2. The maximum Gasteiger partial charge on any atom is 0.240 e. The Morgan fingerprint density at radius 2 is 1.83 bits per heavy atom. The second-order valence-electron chi connectivity index (χ2n) is 3.72. The highest BCUT2D eigenvalue weighted by Crippen LogP contribution is 2.13. The Morgan fingerprint density at radius 3 is 2.44 bits per heavy atom. The minimum Gasteiger partial charge on any atom is -0.211 e. The van der Waals surface area contributed by atoms with Gasteiger partial charge in [0, 0.05) is 12.4 Å². The summed E-state index contributed by atoms with van der Waals surface area (Å²) in [5.41, 5.74) is 0. The van der Waals surface area contributed by atoms with Gasteiger partial charge >= 0.3 is 0 Å². The van der Waals surface area contributed by atoms with Gasteiger partial charge in [0.2, 0.25) is 10.0 Å². The lowest BCUT2D eigenvalue weighted by atomic mass is 10.2. The van der Waals surface area contributed by atoms with Gasteiger partial charge in [-0.2, -0.15) is 0 Å². The van der Waals surface area contributed by atoms with Crippen LogP contribution in [0.25, 0.3) is 0 Å². The lowest BCUT2D eigenvalue weighted by molar-refractivity contribution is 0.504. The van der Waals surface area contributed by atoms with Gasteiger partial charge in [0.15, 0.2) is 11.6 Å². The van der Waals surface area contributed by atoms with E-state index in [-0.39, 0.29) is 11.4 Å². The highest BCUT2D eigenvalue weighted by molar-refractivity contribution is 7.89. The van der Waals surface area contributed by atoms with E-state index in [2.05, 4.69) is 4.72 Å². The first kappa shape index (κ1) is 15.3. The minimum absolute atomic E-state index is 0.248. The maximum atomic E-state index is 12.9. The number of hydrogen-bond donors (Lipinski definition) is 1. The van der Waals surface area contributed by atoms with Crippen LogP contribution < -0.4 is 4.72 Å². The fourth-order valence-corrected chi connectivity index (χ4v) is 2.60. The summed E-state index contributed by atoms with van der Waals surface area (Å²) in [5.74, 6) is -1.72. The SMILES string of the molecule is O=S(=O)(NCCCCCCl)c1ccc(F)c(F)c1. The molecule has 0 fully saturated rings. The van der Waals surface area contributed by atoms with Crippen molar-refractivity contribution in [2.75, 3.05) is 12.4 Å². The van der Waals surface area contributed by atoms with Gasteiger partial charge < -0.3 is 0 Å². The van der Waals surface area contributed by atoms with Crippen molar-refractivity contribution < 1.29 is 17.2 Å². The summed E-state index contributed by atoms with van der Waals surface area (Å²) < 4.78 is 51.3. The van der Waals surface area contributed by atoms with Crippen molar-refractivity contribution in [3.8, 4) is 0 Å². The molecule has 0 amide bonds. The van der Waals surface area contributed by atoms with E-state index >= 15 is 0 Å². The van der Waals surface area contributed by atoms with Crippen LogP contribution in [-0.2, 0) is 10.0 Å². The van der Waals surface area contributed by atoms with Crippen LogP contribution in [0.1, 0.15) is 19.3 Å². The number of benzene rings is 1. The molecule has 0 aromatic heterocycles. The highest BCUT2D eigenvalue weighted by atomic mass is 35.5. The second-order valence-corrected chi connectivity index (χ2v) is 5.87. The standard InChI is InChI=1S/C11H14ClF2NO2S/c12-6-2-1-3-7-15-18(16,17)9-4-5-10(13)11(14)8-9/h4-5,8,15H,1-3,6-7H2. The number of alkyl halides is 1. The summed E-state index contributed by atoms with van der Waals surface area (Å²) >= 11 is 5.48. The molecule has 0 heterocycles. The van der Waals surface area contributed by atoms with Crippen molar-refractivity contribution in [1.29, 1.82) is 0 Å². The zero-order valence-electron chi connectivity index (χ0n) is 9.63. The van der Waals surface area contributed by atoms with Crippen LogP contribution in [0.2, 0.25) is 0 Å². The number of sulfonamides is 1. The Balaban J connectivity index is 2.60. The molecule has 0 saturated heterocycles. The molecule has 3 nitrogen and oxygen atoms in total. The number of hydrogen-bond acceptors (Lipinski definition) is 2. The van der Waals surface area contributed by atoms with Gasteiger partial charge in [-0.3, -0.25) is 0 Å². The molecule has 0 spiro atoms. The van der Waals surface area contributed by atoms with E-state index in [4.69, 9.17) is 11.6 Å². The molecule has 0 aliphatic heterocycles. The molecular formula is C11H14ClF2NO2S. The van der Waals surface area contributed by atoms with Crippen molar-refractivity contribution in [3.63, 3.8) is 0 Å². The van der Waals surface area contributed by atoms with Gasteiger partial charge in [0.05, 0.1) is 4.90 Å². The number of rotatable bonds is 7. The first-order chi connectivity index (χ1) is 8.47. The molecular weight excluding hydrogens is 284 g/mol. The van der Waals surface area contributed by atoms with E-state index in [0.717, 1.165) is 25.0 Å². The topological polar surface area (TPSA) is 46.2 Å². The van der Waals surface area contributed by atoms with Crippen LogP contribution in [0, 0.1) is 11.6 Å². The van der Waals surface area contributed by atoms with Gasteiger partial charge in [-0.15, -0.1) is 11.6 Å². The first-order valence-electron chi connectivity index (χ1n) is 5.48. The molecule has 0 unspecified atom stereocenters. The van der Waals surface area contributed by atoms with E-state index < -0.39 is 21.7 Å². The Bertz CT molecular complexity index is 494. The van der Waals surface area contributed by atoms with Gasteiger partial charge in [0.25, 0.3) is 0 Å². The maximum absolute atomic E-state index is 12.9. The Morgan fingerprint density at radius 1 is 1.11 bits per heavy atom. The van der Waals surface area contributed by atoms with Crippen molar-refractivity contribution in [1.82, 2.24) is 4.72 Å². The van der Waals surface area contributed by atoms with Crippen LogP contribution in [0.3, 0.4) is 0 Å². The summed E-state index contributed by atoms with van der Waals surface area (Å²) in [4.78, 5) is -0.279. The van der Waals surface area contributed by atoms with Crippen molar-refractivity contribution >= 4 is 21.6 Å². The van der Waals surface area contributed by atoms with Gasteiger partial charge in [-0.05, 0) is 31.0 Å². The molecule has 1 N–H and O–H groups in total. The van der Waals surface area contributed by atoms with Crippen LogP contribution in [0.4, 0.5) is 8.78 Å². The van der Waals surface area contributed by atoms with E-state index in [1.54, 1.807) is 0 Å². The van der Waals surface area contributed by atoms with Crippen molar-refractivity contribution in [2.45, 2.75) is 24.2 Å². The third-order valence-corrected chi connectivity index (χ3v) is 4.03. The average Bonchev–Trinajstić information content (AvgIpc) is 2.32. The summed E-state index contributed by atoms with van der Waals surface area (Å²) in [6.45, 7) is 0.248. The van der Waals surface area contributed by atoms with Crippen molar-refractivity contribution in [3.05, 3.63) is 29.8 Å². The molecule has 1 aromatic rings. The molecule has 0 aliphatic rings. The molecule has 1 rings (SSSR count). The van der Waals surface area contributed by atoms with Gasteiger partial charge in [0.1, 0.15) is 0 Å². The van der Waals surface area contributed by atoms with Gasteiger partial charge in [-0.25, -0.2) is 21.9 Å². The molecule has 0 radical (unpaired) electrons. The summed E-state index contributed by atoms with van der Waals surface area (Å²) in [6, 6.07) is 2.48. The van der Waals surface area contributed by atoms with Crippen LogP contribution in [-0.4, -0.2) is 20.8 Å². The molecule has 7 heteroatoms. The fourth-order valence-electron chi connectivity index (χ4n) is 1.33. The van der Waals surface area contributed by atoms with E-state index in [1.807, 2.05) is 0 Å². The van der Waals surface area contributed by atoms with Gasteiger partial charge in [-0.1, -0.05) is 6.42 Å². The molecule has 18 heavy (non-hydrogen) atoms. The monoisotopic (exact) mass is 297 g/mol. The van der Waals surface area contributed by atoms with E-state index in [0.29, 0.717) is 18.4 Å². The smallest absolute Gasteiger partial charge is 0.211 e. The minimum atomic E-state index is -3.78. The number of unbranched alkanes of at least 4 members (excludes halogenated alkanes) is 2. The van der Waals surface area contributed by atoms with Crippen LogP contribution >= 0.6 is 11.6 Å². The largest absolute Gasteiger partial charge is 0.240 e. The second kappa shape index (κ2) is 7.01. The molecule has 1 aromatic carbocycles. The molecule has 102 valence electrons. The third-order valence-electron chi connectivity index (χ3n) is 2.30. The predicted octanol–water partition coefficient (Wildman–Crippen LogP) is 2.65. The first-order valence-corrected chi connectivity index (χ1v) is 7.50. The summed E-state index contributed by atoms with van der Waals surface area (Å²) in [7, 11) is -3.78. The van der Waals surface area contributed by atoms with E-state index in [9.17, 15) is 17.2 Å². The third kappa shape index (κ3) is 4.51. The molecule has 0 atom stereocenters. The summed E-state index contributed by atoms with van der Waals surface area (Å²) in [5, 5.41) is 0. The lowest BCUT2D eigenvalue weighted by Crippen LogP contribution is -2.25. The van der Waals surface area contributed by atoms with Crippen LogP contribution in [0.15, 0.2) is 23.1 Å². The summed E-state index contributed by atoms with van der Waals surface area (Å²) in [6.07, 6.45) is 2.27. The number of halogens is 3. The Hall–Kier alpha value is -0.720. The predicted molar refractivity (Wildman–Crippen MR) is 66.1 cm³/mol. The zero-order chi connectivity index (χ0) is 13.6. The Labute approximate surface area is 110 Å². The molecule has 0 saturated carbocycles. The van der Waals surface area contributed by atoms with E-state index in [1.165, 1.54) is 0 Å². The number of nitrogens with one attached hydrogen (secondary N) is 1. The average molecular weight is 298 g/mol.